The van der Waals surface area contributed by atoms with E-state index < -0.39 is 20.1 Å². The van der Waals surface area contributed by atoms with Crippen LogP contribution in [0.15, 0.2) is 53.4 Å². The highest BCUT2D eigenvalue weighted by atomic mass is 32.2. The molecule has 0 saturated carbocycles. The quantitative estimate of drug-likeness (QED) is 0.430. The topological polar surface area (TPSA) is 89.5 Å². The average Bonchev–Trinajstić information content (AvgIpc) is 2.65. The van der Waals surface area contributed by atoms with E-state index in [1.807, 2.05) is 13.0 Å². The lowest BCUT2D eigenvalue weighted by molar-refractivity contribution is 0.368. The van der Waals surface area contributed by atoms with Crippen LogP contribution in [0, 0.1) is 30.6 Å². The van der Waals surface area contributed by atoms with Crippen LogP contribution in [-0.2, 0) is 24.3 Å². The largest absolute Gasteiger partial charge is 0.265 e. The first kappa shape index (κ1) is 22.7. The number of hydrogen-bond acceptors (Lipinski definition) is 5. The summed E-state index contributed by atoms with van der Waals surface area (Å²) in [6.45, 7) is 1.83. The third kappa shape index (κ3) is 8.10. The van der Waals surface area contributed by atoms with E-state index in [9.17, 15) is 16.8 Å². The molecule has 152 valence electrons. The molecule has 0 aliphatic heterocycles. The molecule has 8 heteroatoms. The van der Waals surface area contributed by atoms with Gasteiger partial charge in [-0.3, -0.25) is 4.18 Å². The van der Waals surface area contributed by atoms with Gasteiger partial charge in [0.2, 0.25) is 10.0 Å². The molecule has 0 aliphatic carbocycles. The highest BCUT2D eigenvalue weighted by molar-refractivity contribution is 7.89. The molecule has 2 rings (SSSR count). The third-order valence-corrected chi connectivity index (χ3v) is 5.61. The van der Waals surface area contributed by atoms with Gasteiger partial charge in [0.05, 0.1) is 11.2 Å². The summed E-state index contributed by atoms with van der Waals surface area (Å²) >= 11 is 0. The molecule has 0 aliphatic rings. The normalized spacial score (nSPS) is 11.1. The molecule has 0 saturated heterocycles. The van der Waals surface area contributed by atoms with Gasteiger partial charge in [0.1, 0.15) is 6.61 Å². The third-order valence-electron chi connectivity index (χ3n) is 3.59. The van der Waals surface area contributed by atoms with Crippen LogP contribution in [0.4, 0.5) is 0 Å². The highest BCUT2D eigenvalue weighted by Crippen LogP contribution is 2.09. The van der Waals surface area contributed by atoms with Crippen molar-refractivity contribution in [3.8, 4) is 23.7 Å². The van der Waals surface area contributed by atoms with Gasteiger partial charge in [0.25, 0.3) is 10.1 Å². The van der Waals surface area contributed by atoms with Gasteiger partial charge >= 0.3 is 0 Å². The summed E-state index contributed by atoms with van der Waals surface area (Å²) in [4.78, 5) is 0.216. The van der Waals surface area contributed by atoms with E-state index in [0.29, 0.717) is 17.5 Å². The second-order valence-electron chi connectivity index (χ2n) is 6.08. The minimum absolute atomic E-state index is 0.180. The Bertz CT molecular complexity index is 1180. The fraction of sp³-hybridized carbons (Fsp3) is 0.238. The minimum atomic E-state index is -3.56. The highest BCUT2D eigenvalue weighted by Gasteiger charge is 2.11. The molecule has 0 amide bonds. The minimum Gasteiger partial charge on any atom is -0.257 e. The molecule has 0 radical (unpaired) electrons. The standard InChI is InChI=1S/C21H21NO5S2/c1-18-12-14-21(15-13-18)29(25,26)22-16-6-5-10-19-8-3-4-9-20(19)11-7-17-27-28(2,23)24/h3-4,8-9,12-15,22H,6,16-17H2,1-2H3. The molecule has 29 heavy (non-hydrogen) atoms. The van der Waals surface area contributed by atoms with Crippen molar-refractivity contribution in [3.63, 3.8) is 0 Å². The van der Waals surface area contributed by atoms with E-state index in [1.54, 1.807) is 42.5 Å². The predicted molar refractivity (Wildman–Crippen MR) is 112 cm³/mol. The molecule has 1 N–H and O–H groups in total. The summed E-state index contributed by atoms with van der Waals surface area (Å²) in [7, 11) is -7.09. The maximum absolute atomic E-state index is 12.2. The Morgan fingerprint density at radius 1 is 0.897 bits per heavy atom. The summed E-state index contributed by atoms with van der Waals surface area (Å²) in [5, 5.41) is 0. The SMILES string of the molecule is Cc1ccc(S(=O)(=O)NCCC#Cc2ccccc2C#CCOS(C)(=O)=O)cc1. The molecule has 6 nitrogen and oxygen atoms in total. The zero-order valence-electron chi connectivity index (χ0n) is 16.1. The second-order valence-corrected chi connectivity index (χ2v) is 9.49. The summed E-state index contributed by atoms with van der Waals surface area (Å²) in [6, 6.07) is 13.8. The number of aryl methyl sites for hydroxylation is 1. The van der Waals surface area contributed by atoms with Crippen LogP contribution in [0.1, 0.15) is 23.1 Å². The summed E-state index contributed by atoms with van der Waals surface area (Å²) in [5.74, 6) is 11.3. The first-order chi connectivity index (χ1) is 13.7. The molecule has 0 aromatic heterocycles. The first-order valence-electron chi connectivity index (χ1n) is 8.65. The van der Waals surface area contributed by atoms with Crippen molar-refractivity contribution in [1.82, 2.24) is 4.72 Å². The summed E-state index contributed by atoms with van der Waals surface area (Å²) in [5.41, 5.74) is 2.29. The predicted octanol–water partition coefficient (Wildman–Crippen LogP) is 2.04. The Morgan fingerprint density at radius 2 is 1.48 bits per heavy atom. The summed E-state index contributed by atoms with van der Waals surface area (Å²) in [6.07, 6.45) is 1.28. The molecule has 2 aromatic carbocycles. The molecule has 0 spiro atoms. The lowest BCUT2D eigenvalue weighted by atomic mass is 10.1. The molecule has 0 fully saturated rings. The van der Waals surface area contributed by atoms with Crippen LogP contribution >= 0.6 is 0 Å². The van der Waals surface area contributed by atoms with Gasteiger partial charge in [-0.15, -0.1) is 0 Å². The maximum Gasteiger partial charge on any atom is 0.265 e. The van der Waals surface area contributed by atoms with Crippen LogP contribution in [0.2, 0.25) is 0 Å². The van der Waals surface area contributed by atoms with Gasteiger partial charge in [-0.1, -0.05) is 53.5 Å². The fourth-order valence-corrected chi connectivity index (χ4v) is 3.48. The smallest absolute Gasteiger partial charge is 0.257 e. The van der Waals surface area contributed by atoms with Crippen LogP contribution in [-0.4, -0.2) is 36.2 Å². The zero-order valence-corrected chi connectivity index (χ0v) is 17.7. The van der Waals surface area contributed by atoms with Crippen molar-refractivity contribution in [2.75, 3.05) is 19.4 Å². The maximum atomic E-state index is 12.2. The van der Waals surface area contributed by atoms with E-state index in [2.05, 4.69) is 32.6 Å². The van der Waals surface area contributed by atoms with Crippen LogP contribution in [0.25, 0.3) is 0 Å². The van der Waals surface area contributed by atoms with Crippen molar-refractivity contribution >= 4 is 20.1 Å². The van der Waals surface area contributed by atoms with Crippen molar-refractivity contribution in [2.45, 2.75) is 18.2 Å². The number of sulfonamides is 1. The van der Waals surface area contributed by atoms with Gasteiger partial charge in [-0.2, -0.15) is 8.42 Å². The number of benzene rings is 2. The molecule has 2 aromatic rings. The molecule has 0 bridgehead atoms. The van der Waals surface area contributed by atoms with E-state index in [4.69, 9.17) is 0 Å². The Hall–Kier alpha value is -2.62. The Labute approximate surface area is 172 Å². The van der Waals surface area contributed by atoms with Crippen LogP contribution in [0.5, 0.6) is 0 Å². The van der Waals surface area contributed by atoms with E-state index >= 15 is 0 Å². The van der Waals surface area contributed by atoms with E-state index in [-0.39, 0.29) is 18.0 Å². The molecule has 0 atom stereocenters. The molecular weight excluding hydrogens is 410 g/mol. The Balaban J connectivity index is 1.95. The van der Waals surface area contributed by atoms with Crippen molar-refractivity contribution in [2.24, 2.45) is 0 Å². The summed E-state index contributed by atoms with van der Waals surface area (Å²) < 4.78 is 53.4. The number of nitrogens with one attached hydrogen (secondary N) is 1. The van der Waals surface area contributed by atoms with Crippen molar-refractivity contribution in [3.05, 3.63) is 65.2 Å². The van der Waals surface area contributed by atoms with Gasteiger partial charge in [0, 0.05) is 24.1 Å². The van der Waals surface area contributed by atoms with E-state index in [1.165, 1.54) is 0 Å². The zero-order chi connectivity index (χ0) is 21.3. The second kappa shape index (κ2) is 10.2. The molecular formula is C21H21NO5S2. The van der Waals surface area contributed by atoms with Crippen molar-refractivity contribution < 1.29 is 21.0 Å². The average molecular weight is 432 g/mol. The Kier molecular flexibility index (Phi) is 8.00. The van der Waals surface area contributed by atoms with Gasteiger partial charge in [0.15, 0.2) is 0 Å². The number of rotatable bonds is 6. The lowest BCUT2D eigenvalue weighted by Crippen LogP contribution is -2.24. The number of hydrogen-bond donors (Lipinski definition) is 1. The molecule has 0 heterocycles. The van der Waals surface area contributed by atoms with Gasteiger partial charge in [-0.05, 0) is 31.2 Å². The van der Waals surface area contributed by atoms with Gasteiger partial charge in [-0.25, -0.2) is 13.1 Å². The monoisotopic (exact) mass is 431 g/mol. The Morgan fingerprint density at radius 3 is 2.07 bits per heavy atom. The lowest BCUT2D eigenvalue weighted by Gasteiger charge is -2.05. The van der Waals surface area contributed by atoms with Crippen LogP contribution < -0.4 is 4.72 Å². The molecule has 0 unspecified atom stereocenters. The van der Waals surface area contributed by atoms with Crippen LogP contribution in [0.3, 0.4) is 0 Å². The van der Waals surface area contributed by atoms with E-state index in [0.717, 1.165) is 11.8 Å². The fourth-order valence-electron chi connectivity index (χ4n) is 2.18. The first-order valence-corrected chi connectivity index (χ1v) is 11.9. The van der Waals surface area contributed by atoms with Crippen molar-refractivity contribution in [1.29, 1.82) is 0 Å². The van der Waals surface area contributed by atoms with Gasteiger partial charge < -0.3 is 0 Å².